The number of hydrogen-bond donors (Lipinski definition) is 0. The minimum absolute atomic E-state index is 0.0616. The van der Waals surface area contributed by atoms with Crippen LogP contribution < -0.4 is 0 Å². The van der Waals surface area contributed by atoms with E-state index in [9.17, 15) is 4.79 Å². The second kappa shape index (κ2) is 4.85. The minimum atomic E-state index is 0.0616. The van der Waals surface area contributed by atoms with Crippen molar-refractivity contribution in [3.8, 4) is 0 Å². The topological polar surface area (TPSA) is 20.3 Å². The van der Waals surface area contributed by atoms with E-state index in [1.807, 2.05) is 11.0 Å². The van der Waals surface area contributed by atoms with Gasteiger partial charge in [0.2, 0.25) is 5.91 Å². The van der Waals surface area contributed by atoms with Crippen LogP contribution in [0, 0.1) is 0 Å². The molecule has 0 aromatic rings. The van der Waals surface area contributed by atoms with Gasteiger partial charge in [0.25, 0.3) is 0 Å². The normalized spacial score (nSPS) is 22.5. The van der Waals surface area contributed by atoms with Gasteiger partial charge in [-0.1, -0.05) is 12.7 Å². The van der Waals surface area contributed by atoms with Crippen molar-refractivity contribution in [3.63, 3.8) is 0 Å². The molecular weight excluding hydrogens is 162 g/mol. The van der Waals surface area contributed by atoms with Crippen molar-refractivity contribution < 1.29 is 4.79 Å². The van der Waals surface area contributed by atoms with Crippen LogP contribution in [-0.2, 0) is 4.79 Å². The van der Waals surface area contributed by atoms with E-state index in [1.165, 1.54) is 12.5 Å². The van der Waals surface area contributed by atoms with Crippen molar-refractivity contribution in [1.29, 1.82) is 0 Å². The van der Waals surface area contributed by atoms with Gasteiger partial charge < -0.3 is 4.90 Å². The summed E-state index contributed by atoms with van der Waals surface area (Å²) in [6.45, 7) is 8.10. The zero-order valence-corrected chi connectivity index (χ0v) is 8.04. The fraction of sp³-hybridized carbons (Fsp3) is 0.545. The lowest BCUT2D eigenvalue weighted by molar-refractivity contribution is -0.129. The number of hydrogen-bond acceptors (Lipinski definition) is 1. The maximum Gasteiger partial charge on any atom is 0.246 e. The van der Waals surface area contributed by atoms with Gasteiger partial charge >= 0.3 is 0 Å². The van der Waals surface area contributed by atoms with E-state index in [-0.39, 0.29) is 5.91 Å². The monoisotopic (exact) mass is 179 g/mol. The molecule has 1 saturated heterocycles. The summed E-state index contributed by atoms with van der Waals surface area (Å²) < 4.78 is 0. The zero-order valence-electron chi connectivity index (χ0n) is 8.04. The molecule has 0 bridgehead atoms. The molecule has 1 fully saturated rings. The average molecular weight is 179 g/mol. The Morgan fingerprint density at radius 3 is 2.85 bits per heavy atom. The third-order valence-corrected chi connectivity index (χ3v) is 2.52. The van der Waals surface area contributed by atoms with E-state index in [1.54, 1.807) is 0 Å². The third-order valence-electron chi connectivity index (χ3n) is 2.52. The highest BCUT2D eigenvalue weighted by Gasteiger charge is 2.23. The Balaban J connectivity index is 2.60. The van der Waals surface area contributed by atoms with E-state index in [0.717, 1.165) is 25.8 Å². The van der Waals surface area contributed by atoms with Crippen LogP contribution in [0.4, 0.5) is 0 Å². The number of amides is 1. The Morgan fingerprint density at radius 1 is 1.46 bits per heavy atom. The molecule has 13 heavy (non-hydrogen) atoms. The number of rotatable bonds is 3. The van der Waals surface area contributed by atoms with Crippen LogP contribution in [0.5, 0.6) is 0 Å². The number of carbonyl (C=O) groups excluding carboxylic acids is 1. The summed E-state index contributed by atoms with van der Waals surface area (Å²) in [4.78, 5) is 13.3. The highest BCUT2D eigenvalue weighted by Crippen LogP contribution is 2.19. The molecule has 0 saturated carbocycles. The molecule has 2 nitrogen and oxygen atoms in total. The fourth-order valence-electron chi connectivity index (χ4n) is 1.85. The first-order chi connectivity index (χ1) is 6.29. The molecule has 2 heteroatoms. The summed E-state index contributed by atoms with van der Waals surface area (Å²) in [5.41, 5.74) is 0. The van der Waals surface area contributed by atoms with E-state index >= 15 is 0 Å². The van der Waals surface area contributed by atoms with Crippen LogP contribution in [0.3, 0.4) is 0 Å². The number of nitrogens with zero attached hydrogens (tertiary/aromatic N) is 1. The summed E-state index contributed by atoms with van der Waals surface area (Å²) in [6.07, 6.45) is 7.64. The molecule has 1 atom stereocenters. The second-order valence-electron chi connectivity index (χ2n) is 3.41. The van der Waals surface area contributed by atoms with Crippen molar-refractivity contribution in [1.82, 2.24) is 4.90 Å². The Bertz CT molecular complexity index is 210. The quantitative estimate of drug-likeness (QED) is 0.480. The summed E-state index contributed by atoms with van der Waals surface area (Å²) in [5, 5.41) is 0. The van der Waals surface area contributed by atoms with Gasteiger partial charge in [0.1, 0.15) is 0 Å². The molecule has 1 rings (SSSR count). The number of carbonyl (C=O) groups is 1. The summed E-state index contributed by atoms with van der Waals surface area (Å²) in [7, 11) is 0. The highest BCUT2D eigenvalue weighted by atomic mass is 16.2. The Labute approximate surface area is 79.9 Å². The maximum atomic E-state index is 11.4. The Morgan fingerprint density at radius 2 is 2.23 bits per heavy atom. The van der Waals surface area contributed by atoms with E-state index in [2.05, 4.69) is 13.2 Å². The average Bonchev–Trinajstić information content (AvgIpc) is 2.18. The zero-order chi connectivity index (χ0) is 9.68. The van der Waals surface area contributed by atoms with E-state index < -0.39 is 0 Å². The summed E-state index contributed by atoms with van der Waals surface area (Å²) >= 11 is 0. The van der Waals surface area contributed by atoms with Crippen molar-refractivity contribution in [2.75, 3.05) is 6.54 Å². The molecule has 72 valence electrons. The second-order valence-corrected chi connectivity index (χ2v) is 3.41. The van der Waals surface area contributed by atoms with Gasteiger partial charge in [-0.15, -0.1) is 6.58 Å². The number of likely N-dealkylation sites (tertiary alicyclic amines) is 1. The molecule has 1 heterocycles. The van der Waals surface area contributed by atoms with Gasteiger partial charge in [-0.05, 0) is 31.8 Å². The van der Waals surface area contributed by atoms with Crippen molar-refractivity contribution in [3.05, 3.63) is 25.3 Å². The predicted octanol–water partition coefficient (Wildman–Crippen LogP) is 2.13. The first-order valence-corrected chi connectivity index (χ1v) is 4.83. The van der Waals surface area contributed by atoms with E-state index in [4.69, 9.17) is 0 Å². The van der Waals surface area contributed by atoms with Crippen LogP contribution in [-0.4, -0.2) is 23.4 Å². The molecular formula is C11H17NO. The SMILES string of the molecule is C=CCC1CCCCN1C(=O)C=C. The van der Waals surface area contributed by atoms with Crippen molar-refractivity contribution in [2.24, 2.45) is 0 Å². The molecule has 1 aliphatic rings. The van der Waals surface area contributed by atoms with Gasteiger partial charge in [-0.25, -0.2) is 0 Å². The molecule has 0 aromatic carbocycles. The van der Waals surface area contributed by atoms with Crippen LogP contribution >= 0.6 is 0 Å². The van der Waals surface area contributed by atoms with Gasteiger partial charge in [0.05, 0.1) is 0 Å². The fourth-order valence-corrected chi connectivity index (χ4v) is 1.85. The molecule has 1 amide bonds. The molecule has 1 aliphatic heterocycles. The number of piperidine rings is 1. The lowest BCUT2D eigenvalue weighted by atomic mass is 9.99. The lowest BCUT2D eigenvalue weighted by Gasteiger charge is -2.34. The molecule has 0 aromatic heterocycles. The summed E-state index contributed by atoms with van der Waals surface area (Å²) in [5.74, 6) is 0.0616. The molecule has 0 radical (unpaired) electrons. The molecule has 0 N–H and O–H groups in total. The molecule has 0 spiro atoms. The highest BCUT2D eigenvalue weighted by molar-refractivity contribution is 5.87. The van der Waals surface area contributed by atoms with Crippen LogP contribution in [0.25, 0.3) is 0 Å². The largest absolute Gasteiger partial charge is 0.336 e. The first kappa shape index (κ1) is 10.0. The third kappa shape index (κ3) is 2.44. The van der Waals surface area contributed by atoms with Crippen LogP contribution in [0.1, 0.15) is 25.7 Å². The van der Waals surface area contributed by atoms with Gasteiger partial charge in [-0.2, -0.15) is 0 Å². The lowest BCUT2D eigenvalue weighted by Crippen LogP contribution is -2.42. The molecule has 0 aliphatic carbocycles. The van der Waals surface area contributed by atoms with Crippen molar-refractivity contribution in [2.45, 2.75) is 31.7 Å². The minimum Gasteiger partial charge on any atom is -0.336 e. The van der Waals surface area contributed by atoms with Crippen LogP contribution in [0.15, 0.2) is 25.3 Å². The van der Waals surface area contributed by atoms with Crippen LogP contribution in [0.2, 0.25) is 0 Å². The Kier molecular flexibility index (Phi) is 3.74. The van der Waals surface area contributed by atoms with Gasteiger partial charge in [0, 0.05) is 12.6 Å². The van der Waals surface area contributed by atoms with Gasteiger partial charge in [0.15, 0.2) is 0 Å². The predicted molar refractivity (Wildman–Crippen MR) is 54.4 cm³/mol. The van der Waals surface area contributed by atoms with Gasteiger partial charge in [-0.3, -0.25) is 4.79 Å². The van der Waals surface area contributed by atoms with E-state index in [0.29, 0.717) is 6.04 Å². The summed E-state index contributed by atoms with van der Waals surface area (Å²) in [6, 6.07) is 0.358. The Hall–Kier alpha value is -1.05. The first-order valence-electron chi connectivity index (χ1n) is 4.83. The smallest absolute Gasteiger partial charge is 0.246 e. The van der Waals surface area contributed by atoms with Crippen molar-refractivity contribution >= 4 is 5.91 Å². The molecule has 1 unspecified atom stereocenters. The standard InChI is InChI=1S/C11H17NO/c1-3-7-10-8-5-6-9-12(10)11(13)4-2/h3-4,10H,1-2,5-9H2. The maximum absolute atomic E-state index is 11.4.